The van der Waals surface area contributed by atoms with E-state index in [4.69, 9.17) is 0 Å². The Bertz CT molecular complexity index is 3340. The molecular formula is C64H48N2. The van der Waals surface area contributed by atoms with Crippen LogP contribution in [-0.4, -0.2) is 0 Å². The van der Waals surface area contributed by atoms with Crippen molar-refractivity contribution in [2.45, 2.75) is 49.4 Å². The minimum atomic E-state index is -0.198. The molecule has 9 aromatic rings. The van der Waals surface area contributed by atoms with Gasteiger partial charge in [0, 0.05) is 45.0 Å². The van der Waals surface area contributed by atoms with Crippen LogP contribution in [0.15, 0.2) is 230 Å². The summed E-state index contributed by atoms with van der Waals surface area (Å²) in [5.74, 6) is 0. The lowest BCUT2D eigenvalue weighted by Crippen LogP contribution is -2.35. The molecular weight excluding hydrogens is 797 g/mol. The molecule has 0 N–H and O–H groups in total. The minimum absolute atomic E-state index is 0.178. The highest BCUT2D eigenvalue weighted by Gasteiger charge is 2.51. The summed E-state index contributed by atoms with van der Waals surface area (Å²) in [5, 5.41) is 2.89. The predicted octanol–water partition coefficient (Wildman–Crippen LogP) is 15.7. The molecule has 0 saturated carbocycles. The molecule has 0 aromatic heterocycles. The summed E-state index contributed by atoms with van der Waals surface area (Å²) < 4.78 is 0. The van der Waals surface area contributed by atoms with Gasteiger partial charge in [0.05, 0.1) is 0 Å². The van der Waals surface area contributed by atoms with Gasteiger partial charge in [0.1, 0.15) is 0 Å². The molecule has 0 fully saturated rings. The van der Waals surface area contributed by atoms with Crippen LogP contribution in [0.1, 0.15) is 57.3 Å². The summed E-state index contributed by atoms with van der Waals surface area (Å²) in [7, 11) is 0. The minimum Gasteiger partial charge on any atom is -0.314 e. The van der Waals surface area contributed by atoms with Gasteiger partial charge in [-0.2, -0.15) is 0 Å². The van der Waals surface area contributed by atoms with E-state index in [1.807, 2.05) is 0 Å². The number of anilines is 5. The summed E-state index contributed by atoms with van der Waals surface area (Å²) in [6, 6.07) is 79.8. The standard InChI is InChI=1S/C64H48N2/c1-5-22-47(23-6-1)65(48-24-7-2-8-25-48)51-32-34-53-56-38-60-61(55-30-17-31-57(62(55)56)63(58(53)36-51)39-43-18-13-14-19-44(43)40-63)54-35-33-52(37-59(54)64(60)41-45-20-15-16-21-46(45)42-64)66(49-26-9-3-10-27-49)50-28-11-4-12-29-50/h1-31,33,35-38H,32,34,39-42H2. The second-order valence-electron chi connectivity index (χ2n) is 19.3. The van der Waals surface area contributed by atoms with Crippen LogP contribution < -0.4 is 9.80 Å². The zero-order valence-corrected chi connectivity index (χ0v) is 36.9. The Morgan fingerprint density at radius 3 is 1.39 bits per heavy atom. The first-order valence-electron chi connectivity index (χ1n) is 23.8. The number of benzene rings is 9. The van der Waals surface area contributed by atoms with Crippen molar-refractivity contribution in [3.8, 4) is 11.1 Å². The molecule has 0 bridgehead atoms. The summed E-state index contributed by atoms with van der Waals surface area (Å²) in [6.07, 6.45) is 8.59. The van der Waals surface area contributed by atoms with Crippen molar-refractivity contribution >= 4 is 44.8 Å². The number of allylic oxidation sites excluding steroid dienone is 4. The fourth-order valence-corrected chi connectivity index (χ4v) is 13.2. The molecule has 0 heterocycles. The van der Waals surface area contributed by atoms with Gasteiger partial charge in [-0.3, -0.25) is 0 Å². The smallest absolute Gasteiger partial charge is 0.0465 e. The van der Waals surface area contributed by atoms with Crippen LogP contribution in [0.3, 0.4) is 0 Å². The van der Waals surface area contributed by atoms with Gasteiger partial charge in [0.25, 0.3) is 0 Å². The van der Waals surface area contributed by atoms with Crippen molar-refractivity contribution in [3.63, 3.8) is 0 Å². The molecule has 5 aliphatic rings. The van der Waals surface area contributed by atoms with Gasteiger partial charge in [-0.15, -0.1) is 0 Å². The highest BCUT2D eigenvalue weighted by Crippen LogP contribution is 2.63. The van der Waals surface area contributed by atoms with Crippen LogP contribution in [0.25, 0.3) is 27.5 Å². The third-order valence-electron chi connectivity index (χ3n) is 15.9. The number of fused-ring (bicyclic) bond motifs is 11. The first-order chi connectivity index (χ1) is 32.7. The molecule has 2 spiro atoms. The van der Waals surface area contributed by atoms with Crippen LogP contribution in [0, 0.1) is 0 Å². The molecule has 66 heavy (non-hydrogen) atoms. The molecule has 0 saturated heterocycles. The first-order valence-corrected chi connectivity index (χ1v) is 23.8. The van der Waals surface area contributed by atoms with Gasteiger partial charge in [-0.05, 0) is 189 Å². The number of rotatable bonds is 6. The zero-order valence-electron chi connectivity index (χ0n) is 36.9. The summed E-state index contributed by atoms with van der Waals surface area (Å²) >= 11 is 0. The quantitative estimate of drug-likeness (QED) is 0.165. The molecule has 2 heteroatoms. The Morgan fingerprint density at radius 1 is 0.348 bits per heavy atom. The van der Waals surface area contributed by atoms with Crippen LogP contribution in [0.2, 0.25) is 0 Å². The van der Waals surface area contributed by atoms with Gasteiger partial charge in [-0.25, -0.2) is 0 Å². The second-order valence-corrected chi connectivity index (χ2v) is 19.3. The third-order valence-corrected chi connectivity index (χ3v) is 15.9. The Morgan fingerprint density at radius 2 is 0.848 bits per heavy atom. The van der Waals surface area contributed by atoms with Crippen molar-refractivity contribution in [1.29, 1.82) is 0 Å². The maximum atomic E-state index is 2.72. The van der Waals surface area contributed by atoms with Crippen LogP contribution in [-0.2, 0) is 36.5 Å². The van der Waals surface area contributed by atoms with E-state index < -0.39 is 0 Å². The van der Waals surface area contributed by atoms with Crippen LogP contribution in [0.5, 0.6) is 0 Å². The molecule has 0 unspecified atom stereocenters. The van der Waals surface area contributed by atoms with Crippen LogP contribution in [0.4, 0.5) is 28.4 Å². The lowest BCUT2D eigenvalue weighted by Gasteiger charge is -2.43. The highest BCUT2D eigenvalue weighted by atomic mass is 15.2. The van der Waals surface area contributed by atoms with Crippen molar-refractivity contribution in [2.24, 2.45) is 0 Å². The Balaban J connectivity index is 1.03. The molecule has 0 amide bonds. The highest BCUT2D eigenvalue weighted by molar-refractivity contribution is 6.11. The second kappa shape index (κ2) is 14.4. The molecule has 314 valence electrons. The van der Waals surface area contributed by atoms with E-state index in [1.165, 1.54) is 94.7 Å². The van der Waals surface area contributed by atoms with E-state index in [9.17, 15) is 0 Å². The van der Waals surface area contributed by atoms with E-state index in [-0.39, 0.29) is 10.8 Å². The molecule has 2 nitrogen and oxygen atoms in total. The van der Waals surface area contributed by atoms with Gasteiger partial charge in [0.15, 0.2) is 0 Å². The average Bonchev–Trinajstić information content (AvgIpc) is 4.05. The maximum Gasteiger partial charge on any atom is 0.0465 e. The molecule has 0 radical (unpaired) electrons. The number of para-hydroxylation sites is 4. The van der Waals surface area contributed by atoms with E-state index >= 15 is 0 Å². The van der Waals surface area contributed by atoms with E-state index in [1.54, 1.807) is 5.57 Å². The lowest BCUT2D eigenvalue weighted by molar-refractivity contribution is 0.543. The SMILES string of the molecule is C1=C(N(c2ccccc2)c2ccccc2)CCC2=C1C1(Cc3ccccc3C1)c1cccc3c4c(cc2c13)C1(Cc2ccccc2C1)c1cc(N(c2ccccc2)c2ccccc2)ccc1-4. The lowest BCUT2D eigenvalue weighted by atomic mass is 9.61. The average molecular weight is 845 g/mol. The Kier molecular flexibility index (Phi) is 8.23. The largest absolute Gasteiger partial charge is 0.314 e. The Labute approximate surface area is 387 Å². The van der Waals surface area contributed by atoms with E-state index in [2.05, 4.69) is 228 Å². The molecule has 5 aliphatic carbocycles. The third kappa shape index (κ3) is 5.42. The van der Waals surface area contributed by atoms with Gasteiger partial charge >= 0.3 is 0 Å². The number of hydrogen-bond acceptors (Lipinski definition) is 2. The monoisotopic (exact) mass is 844 g/mol. The fraction of sp³-hybridized carbons (Fsp3) is 0.125. The summed E-state index contributed by atoms with van der Waals surface area (Å²) in [6.45, 7) is 0. The fourth-order valence-electron chi connectivity index (χ4n) is 13.2. The van der Waals surface area contributed by atoms with Gasteiger partial charge in [0.2, 0.25) is 0 Å². The van der Waals surface area contributed by atoms with E-state index in [0.29, 0.717) is 0 Å². The molecule has 0 aliphatic heterocycles. The zero-order chi connectivity index (χ0) is 43.4. The van der Waals surface area contributed by atoms with Crippen molar-refractivity contribution in [3.05, 3.63) is 274 Å². The van der Waals surface area contributed by atoms with Crippen LogP contribution >= 0.6 is 0 Å². The van der Waals surface area contributed by atoms with Crippen molar-refractivity contribution in [1.82, 2.24) is 0 Å². The number of nitrogens with zero attached hydrogens (tertiary/aromatic N) is 2. The first kappa shape index (κ1) is 37.7. The van der Waals surface area contributed by atoms with Crippen molar-refractivity contribution < 1.29 is 0 Å². The van der Waals surface area contributed by atoms with Crippen molar-refractivity contribution in [2.75, 3.05) is 9.80 Å². The van der Waals surface area contributed by atoms with E-state index in [0.717, 1.165) is 49.9 Å². The molecule has 0 atom stereocenters. The topological polar surface area (TPSA) is 6.48 Å². The molecule has 9 aromatic carbocycles. The molecule has 14 rings (SSSR count). The Hall–Kier alpha value is -7.68. The number of hydrogen-bond donors (Lipinski definition) is 0. The van der Waals surface area contributed by atoms with Gasteiger partial charge in [-0.1, -0.05) is 146 Å². The van der Waals surface area contributed by atoms with Gasteiger partial charge < -0.3 is 9.80 Å². The maximum absolute atomic E-state index is 2.72. The summed E-state index contributed by atoms with van der Waals surface area (Å²) in [4.78, 5) is 4.96. The predicted molar refractivity (Wildman–Crippen MR) is 273 cm³/mol. The summed E-state index contributed by atoms with van der Waals surface area (Å²) in [5.41, 5.74) is 24.6. The normalized spacial score (nSPS) is 16.4.